The summed E-state index contributed by atoms with van der Waals surface area (Å²) in [6.45, 7) is 2.91. The molecule has 1 aromatic rings. The van der Waals surface area contributed by atoms with Crippen LogP contribution >= 0.6 is 22.9 Å². The predicted octanol–water partition coefficient (Wildman–Crippen LogP) is 3.65. The second kappa shape index (κ2) is 5.89. The number of thiazole rings is 1. The Morgan fingerprint density at radius 1 is 1.50 bits per heavy atom. The summed E-state index contributed by atoms with van der Waals surface area (Å²) in [6.07, 6.45) is 6.10. The average Bonchev–Trinajstić information content (AvgIpc) is 2.74. The van der Waals surface area contributed by atoms with E-state index in [-0.39, 0.29) is 10.0 Å². The molecule has 1 aromatic heterocycles. The molecule has 100 valence electrons. The number of anilines is 1. The molecule has 1 fully saturated rings. The van der Waals surface area contributed by atoms with E-state index < -0.39 is 5.97 Å². The quantitative estimate of drug-likeness (QED) is 0.919. The van der Waals surface area contributed by atoms with E-state index in [2.05, 4.69) is 16.8 Å². The summed E-state index contributed by atoms with van der Waals surface area (Å²) < 4.78 is 0. The summed E-state index contributed by atoms with van der Waals surface area (Å²) in [7, 11) is 0. The van der Waals surface area contributed by atoms with Crippen molar-refractivity contribution in [3.05, 3.63) is 10.0 Å². The van der Waals surface area contributed by atoms with Gasteiger partial charge in [-0.2, -0.15) is 0 Å². The average molecular weight is 289 g/mol. The first kappa shape index (κ1) is 13.6. The molecular formula is C12H17ClN2O2S. The maximum absolute atomic E-state index is 11.0. The van der Waals surface area contributed by atoms with Gasteiger partial charge in [0.2, 0.25) is 0 Å². The Kier molecular flexibility index (Phi) is 4.45. The zero-order valence-corrected chi connectivity index (χ0v) is 11.9. The largest absolute Gasteiger partial charge is 0.477 e. The van der Waals surface area contributed by atoms with Gasteiger partial charge in [0.25, 0.3) is 0 Å². The van der Waals surface area contributed by atoms with Crippen LogP contribution in [0.5, 0.6) is 0 Å². The van der Waals surface area contributed by atoms with Crippen molar-refractivity contribution in [1.82, 2.24) is 4.98 Å². The Balaban J connectivity index is 2.21. The first-order chi connectivity index (χ1) is 8.63. The molecule has 6 heteroatoms. The fraction of sp³-hybridized carbons (Fsp3) is 0.667. The molecule has 1 heterocycles. The van der Waals surface area contributed by atoms with Crippen LogP contribution in [-0.4, -0.2) is 28.6 Å². The molecule has 4 nitrogen and oxygen atoms in total. The summed E-state index contributed by atoms with van der Waals surface area (Å²) in [4.78, 5) is 17.5. The van der Waals surface area contributed by atoms with E-state index in [0.29, 0.717) is 6.04 Å². The van der Waals surface area contributed by atoms with Crippen LogP contribution in [0.3, 0.4) is 0 Å². The standard InChI is InChI=1S/C12H17ClN2O2S/c1-2-15(8-6-4-3-5-7-8)12-14-10(13)9(18-12)11(16)17/h8H,2-7H2,1H3,(H,16,17). The minimum atomic E-state index is -0.997. The third kappa shape index (κ3) is 2.78. The van der Waals surface area contributed by atoms with E-state index in [4.69, 9.17) is 16.7 Å². The molecule has 1 N–H and O–H groups in total. The molecule has 2 rings (SSSR count). The van der Waals surface area contributed by atoms with Crippen molar-refractivity contribution in [3.63, 3.8) is 0 Å². The lowest BCUT2D eigenvalue weighted by atomic mass is 9.94. The number of rotatable bonds is 4. The Bertz CT molecular complexity index is 430. The van der Waals surface area contributed by atoms with Crippen LogP contribution in [0.15, 0.2) is 0 Å². The van der Waals surface area contributed by atoms with E-state index in [1.807, 2.05) is 0 Å². The summed E-state index contributed by atoms with van der Waals surface area (Å²) in [5.74, 6) is -0.997. The molecule has 1 saturated carbocycles. The normalized spacial score (nSPS) is 16.8. The molecule has 1 aliphatic rings. The van der Waals surface area contributed by atoms with Gasteiger partial charge in [0, 0.05) is 12.6 Å². The first-order valence-corrected chi connectivity index (χ1v) is 7.49. The molecule has 0 bridgehead atoms. The second-order valence-electron chi connectivity index (χ2n) is 4.50. The van der Waals surface area contributed by atoms with E-state index in [1.54, 1.807) is 0 Å². The minimum absolute atomic E-state index is 0.108. The zero-order chi connectivity index (χ0) is 13.1. The predicted molar refractivity (Wildman–Crippen MR) is 74.0 cm³/mol. The third-order valence-corrected chi connectivity index (χ3v) is 4.84. The number of carboxylic acid groups (broad SMARTS) is 1. The van der Waals surface area contributed by atoms with Gasteiger partial charge >= 0.3 is 5.97 Å². The summed E-state index contributed by atoms with van der Waals surface area (Å²) in [6, 6.07) is 0.479. The number of hydrogen-bond donors (Lipinski definition) is 1. The van der Waals surface area contributed by atoms with Crippen LogP contribution in [-0.2, 0) is 0 Å². The minimum Gasteiger partial charge on any atom is -0.477 e. The second-order valence-corrected chi connectivity index (χ2v) is 5.83. The van der Waals surface area contributed by atoms with Crippen LogP contribution in [0.2, 0.25) is 5.15 Å². The van der Waals surface area contributed by atoms with Crippen LogP contribution in [0.4, 0.5) is 5.13 Å². The molecule has 1 aliphatic carbocycles. The maximum Gasteiger partial charge on any atom is 0.349 e. The number of halogens is 1. The Morgan fingerprint density at radius 3 is 2.67 bits per heavy atom. The van der Waals surface area contributed by atoms with Crippen molar-refractivity contribution in [1.29, 1.82) is 0 Å². The van der Waals surface area contributed by atoms with Gasteiger partial charge in [-0.05, 0) is 19.8 Å². The van der Waals surface area contributed by atoms with Crippen molar-refractivity contribution in [2.45, 2.75) is 45.1 Å². The Hall–Kier alpha value is -0.810. The summed E-state index contributed by atoms with van der Waals surface area (Å²) in [5, 5.41) is 9.86. The van der Waals surface area contributed by atoms with E-state index in [1.165, 1.54) is 30.6 Å². The highest BCUT2D eigenvalue weighted by Gasteiger charge is 2.25. The third-order valence-electron chi connectivity index (χ3n) is 3.37. The number of nitrogens with zero attached hydrogens (tertiary/aromatic N) is 2. The van der Waals surface area contributed by atoms with Gasteiger partial charge in [-0.3, -0.25) is 0 Å². The molecule has 0 unspecified atom stereocenters. The van der Waals surface area contributed by atoms with Crippen LogP contribution < -0.4 is 4.90 Å². The Labute approximate surface area is 116 Å². The number of carboxylic acids is 1. The van der Waals surface area contributed by atoms with Crippen molar-refractivity contribution < 1.29 is 9.90 Å². The lowest BCUT2D eigenvalue weighted by Crippen LogP contribution is -2.36. The maximum atomic E-state index is 11.0. The first-order valence-electron chi connectivity index (χ1n) is 6.29. The highest BCUT2D eigenvalue weighted by molar-refractivity contribution is 7.18. The number of hydrogen-bond acceptors (Lipinski definition) is 4. The Morgan fingerprint density at radius 2 is 2.17 bits per heavy atom. The molecule has 0 radical (unpaired) electrons. The fourth-order valence-corrected chi connectivity index (χ4v) is 3.75. The molecular weight excluding hydrogens is 272 g/mol. The van der Waals surface area contributed by atoms with E-state index in [9.17, 15) is 4.79 Å². The van der Waals surface area contributed by atoms with Crippen molar-refractivity contribution >= 4 is 34.0 Å². The van der Waals surface area contributed by atoms with E-state index >= 15 is 0 Å². The highest BCUT2D eigenvalue weighted by atomic mass is 35.5. The summed E-state index contributed by atoms with van der Waals surface area (Å²) >= 11 is 7.05. The topological polar surface area (TPSA) is 53.4 Å². The van der Waals surface area contributed by atoms with Crippen LogP contribution in [0.1, 0.15) is 48.7 Å². The zero-order valence-electron chi connectivity index (χ0n) is 10.4. The molecule has 0 aromatic carbocycles. The molecule has 18 heavy (non-hydrogen) atoms. The molecule has 0 amide bonds. The molecule has 0 saturated heterocycles. The van der Waals surface area contributed by atoms with Gasteiger partial charge in [0.1, 0.15) is 0 Å². The van der Waals surface area contributed by atoms with Gasteiger partial charge in [-0.15, -0.1) is 0 Å². The van der Waals surface area contributed by atoms with Crippen LogP contribution in [0.25, 0.3) is 0 Å². The monoisotopic (exact) mass is 288 g/mol. The van der Waals surface area contributed by atoms with Crippen molar-refractivity contribution in [2.75, 3.05) is 11.4 Å². The number of aromatic nitrogens is 1. The number of aromatic carboxylic acids is 1. The lowest BCUT2D eigenvalue weighted by molar-refractivity contribution is 0.0702. The molecule has 0 atom stereocenters. The number of carbonyl (C=O) groups is 1. The van der Waals surface area contributed by atoms with Gasteiger partial charge in [0.15, 0.2) is 15.2 Å². The van der Waals surface area contributed by atoms with Gasteiger partial charge in [-0.25, -0.2) is 9.78 Å². The molecule has 0 aliphatic heterocycles. The van der Waals surface area contributed by atoms with Crippen LogP contribution in [0, 0.1) is 0 Å². The van der Waals surface area contributed by atoms with Gasteiger partial charge in [-0.1, -0.05) is 42.2 Å². The lowest BCUT2D eigenvalue weighted by Gasteiger charge is -2.33. The van der Waals surface area contributed by atoms with E-state index in [0.717, 1.165) is 24.5 Å². The fourth-order valence-electron chi connectivity index (χ4n) is 2.49. The van der Waals surface area contributed by atoms with Crippen molar-refractivity contribution in [3.8, 4) is 0 Å². The van der Waals surface area contributed by atoms with Gasteiger partial charge < -0.3 is 10.0 Å². The molecule has 0 spiro atoms. The van der Waals surface area contributed by atoms with Crippen molar-refractivity contribution in [2.24, 2.45) is 0 Å². The van der Waals surface area contributed by atoms with Gasteiger partial charge in [0.05, 0.1) is 0 Å². The highest BCUT2D eigenvalue weighted by Crippen LogP contribution is 2.33. The smallest absolute Gasteiger partial charge is 0.349 e. The summed E-state index contributed by atoms with van der Waals surface area (Å²) in [5.41, 5.74) is 0. The SMILES string of the molecule is CCN(c1nc(Cl)c(C(=O)O)s1)C1CCCCC1.